The predicted octanol–water partition coefficient (Wildman–Crippen LogP) is 4.62. The Morgan fingerprint density at radius 1 is 0.824 bits per heavy atom. The number of unbranched alkanes of at least 4 members (excludes halogenated alkanes) is 10. The molecule has 0 saturated heterocycles. The molecule has 1 N–H and O–H groups in total. The molecule has 0 aromatic heterocycles. The molecule has 0 amide bonds. The zero-order valence-electron chi connectivity index (χ0n) is 13.5. The molecule has 0 fully saturated rings. The maximum atomic E-state index is 10.3. The molecule has 0 heterocycles. The Balaban J connectivity index is -0.000000375. The molecule has 0 bridgehead atoms. The van der Waals surface area contributed by atoms with Gasteiger partial charge in [0.1, 0.15) is 0 Å². The monoisotopic (exact) mass is 368 g/mol. The fourth-order valence-corrected chi connectivity index (χ4v) is 1.94. The number of hydrogen-bond donors (Lipinski definition) is 1. The van der Waals surface area contributed by atoms with E-state index in [9.17, 15) is 4.79 Å². The van der Waals surface area contributed by atoms with Crippen molar-refractivity contribution >= 4 is 54.9 Å². The van der Waals surface area contributed by atoms with E-state index in [4.69, 9.17) is 5.11 Å². The van der Waals surface area contributed by atoms with E-state index in [0.717, 1.165) is 12.8 Å². The molecule has 0 aliphatic heterocycles. The molecule has 0 unspecified atom stereocenters. The van der Waals surface area contributed by atoms with Gasteiger partial charge in [-0.1, -0.05) is 71.1 Å². The zero-order chi connectivity index (χ0) is 12.1. The Morgan fingerprint density at radius 3 is 1.53 bits per heavy atom. The van der Waals surface area contributed by atoms with Gasteiger partial charge in [0, 0.05) is 6.42 Å². The van der Waals surface area contributed by atoms with Crippen molar-refractivity contribution in [2.75, 3.05) is 0 Å². The molecule has 0 aromatic rings. The van der Waals surface area contributed by atoms with Crippen molar-refractivity contribution in [3.63, 3.8) is 0 Å². The summed E-state index contributed by atoms with van der Waals surface area (Å²) in [6.07, 6.45) is 14.4. The quantitative estimate of drug-likeness (QED) is 0.404. The van der Waals surface area contributed by atoms with E-state index in [1.165, 1.54) is 57.8 Å². The summed E-state index contributed by atoms with van der Waals surface area (Å²) in [5.74, 6) is -0.657. The van der Waals surface area contributed by atoms with Crippen molar-refractivity contribution in [3.05, 3.63) is 0 Å². The molecule has 0 aromatic carbocycles. The van der Waals surface area contributed by atoms with Gasteiger partial charge in [-0.2, -0.15) is 0 Å². The smallest absolute Gasteiger partial charge is 1.00 e. The maximum Gasteiger partial charge on any atom is 2.00 e. The van der Waals surface area contributed by atoms with E-state index in [0.29, 0.717) is 6.42 Å². The van der Waals surface area contributed by atoms with Gasteiger partial charge >= 0.3 is 54.9 Å². The van der Waals surface area contributed by atoms with E-state index in [1.807, 2.05) is 0 Å². The first-order valence-electron chi connectivity index (χ1n) is 6.99. The van der Waals surface area contributed by atoms with Gasteiger partial charge in [0.15, 0.2) is 0 Å². The second kappa shape index (κ2) is 17.0. The molecule has 0 atom stereocenters. The average Bonchev–Trinajstić information content (AvgIpc) is 2.25. The van der Waals surface area contributed by atoms with Crippen molar-refractivity contribution < 1.29 is 12.8 Å². The van der Waals surface area contributed by atoms with Crippen molar-refractivity contribution in [1.29, 1.82) is 0 Å². The Morgan fingerprint density at radius 2 is 1.18 bits per heavy atom. The molecule has 100 valence electrons. The van der Waals surface area contributed by atoms with E-state index in [1.54, 1.807) is 0 Å². The molecular formula is C14H30BaO2. The normalized spacial score (nSPS) is 9.94. The zero-order valence-corrected chi connectivity index (χ0v) is 16.0. The van der Waals surface area contributed by atoms with Crippen molar-refractivity contribution in [2.45, 2.75) is 84.0 Å². The van der Waals surface area contributed by atoms with Gasteiger partial charge in [0.05, 0.1) is 0 Å². The van der Waals surface area contributed by atoms with Crippen LogP contribution < -0.4 is 0 Å². The second-order valence-electron chi connectivity index (χ2n) is 4.68. The predicted molar refractivity (Wildman–Crippen MR) is 76.7 cm³/mol. The van der Waals surface area contributed by atoms with Crippen LogP contribution in [0.25, 0.3) is 0 Å². The number of hydrogen-bond acceptors (Lipinski definition) is 1. The van der Waals surface area contributed by atoms with Gasteiger partial charge in [0.2, 0.25) is 0 Å². The van der Waals surface area contributed by atoms with Crippen molar-refractivity contribution in [3.8, 4) is 0 Å². The fraction of sp³-hybridized carbons (Fsp3) is 0.929. The molecule has 0 aliphatic rings. The fourth-order valence-electron chi connectivity index (χ4n) is 1.94. The van der Waals surface area contributed by atoms with Gasteiger partial charge in [-0.3, -0.25) is 4.79 Å². The standard InChI is InChI=1S/C14H28O2.Ba.2H/c1-2-3-4-5-6-7-8-9-10-11-12-13-14(15)16;;;/h2-13H2,1H3,(H,15,16);;;/q;+2;2*-1. The van der Waals surface area contributed by atoms with Gasteiger partial charge in [-0.25, -0.2) is 0 Å². The number of aliphatic carboxylic acids is 1. The first kappa shape index (κ1) is 20.4. The summed E-state index contributed by atoms with van der Waals surface area (Å²) in [5.41, 5.74) is 0. The minimum Gasteiger partial charge on any atom is -1.00 e. The van der Waals surface area contributed by atoms with Gasteiger partial charge < -0.3 is 7.96 Å². The van der Waals surface area contributed by atoms with Crippen LogP contribution >= 0.6 is 0 Å². The third kappa shape index (κ3) is 19.6. The Hall–Kier alpha value is 1.04. The van der Waals surface area contributed by atoms with Crippen LogP contribution in [0.3, 0.4) is 0 Å². The van der Waals surface area contributed by atoms with Crippen LogP contribution in [0.4, 0.5) is 0 Å². The van der Waals surface area contributed by atoms with E-state index in [2.05, 4.69) is 6.92 Å². The summed E-state index contributed by atoms with van der Waals surface area (Å²) in [6.45, 7) is 2.25. The topological polar surface area (TPSA) is 37.3 Å². The molecule has 0 saturated carbocycles. The largest absolute Gasteiger partial charge is 2.00 e. The number of carboxylic acids is 1. The summed E-state index contributed by atoms with van der Waals surface area (Å²) in [4.78, 5) is 10.3. The van der Waals surface area contributed by atoms with Crippen LogP contribution in [0.1, 0.15) is 86.8 Å². The van der Waals surface area contributed by atoms with E-state index >= 15 is 0 Å². The van der Waals surface area contributed by atoms with Crippen molar-refractivity contribution in [2.24, 2.45) is 0 Å². The summed E-state index contributed by atoms with van der Waals surface area (Å²) >= 11 is 0. The van der Waals surface area contributed by atoms with Crippen LogP contribution in [0, 0.1) is 0 Å². The summed E-state index contributed by atoms with van der Waals surface area (Å²) < 4.78 is 0. The summed E-state index contributed by atoms with van der Waals surface area (Å²) in [5, 5.41) is 8.46. The third-order valence-corrected chi connectivity index (χ3v) is 2.99. The van der Waals surface area contributed by atoms with Crippen LogP contribution in [0.5, 0.6) is 0 Å². The average molecular weight is 368 g/mol. The van der Waals surface area contributed by atoms with Gasteiger partial charge in [0.25, 0.3) is 0 Å². The molecule has 17 heavy (non-hydrogen) atoms. The summed E-state index contributed by atoms with van der Waals surface area (Å²) in [6, 6.07) is 0. The maximum absolute atomic E-state index is 10.3. The molecule has 0 rings (SSSR count). The number of carbonyl (C=O) groups is 1. The molecule has 3 heteroatoms. The molecular weight excluding hydrogens is 337 g/mol. The Labute approximate surface area is 150 Å². The third-order valence-electron chi connectivity index (χ3n) is 2.99. The van der Waals surface area contributed by atoms with E-state index < -0.39 is 5.97 Å². The van der Waals surface area contributed by atoms with Gasteiger partial charge in [-0.15, -0.1) is 0 Å². The molecule has 0 spiro atoms. The summed E-state index contributed by atoms with van der Waals surface area (Å²) in [7, 11) is 0. The number of rotatable bonds is 12. The Bertz CT molecular complexity index is 170. The SMILES string of the molecule is CCCCCCCCCCCCCC(=O)O.[Ba+2].[H-].[H-]. The second-order valence-corrected chi connectivity index (χ2v) is 4.68. The minimum atomic E-state index is -0.657. The van der Waals surface area contributed by atoms with E-state index in [-0.39, 0.29) is 51.7 Å². The van der Waals surface area contributed by atoms with Crippen molar-refractivity contribution in [1.82, 2.24) is 0 Å². The van der Waals surface area contributed by atoms with Gasteiger partial charge in [-0.05, 0) is 6.42 Å². The van der Waals surface area contributed by atoms with Crippen LogP contribution in [-0.4, -0.2) is 60.0 Å². The molecule has 0 radical (unpaired) electrons. The first-order valence-corrected chi connectivity index (χ1v) is 6.99. The number of carboxylic acid groups (broad SMARTS) is 1. The molecule has 0 aliphatic carbocycles. The first-order chi connectivity index (χ1) is 7.77. The minimum absolute atomic E-state index is 0. The van der Waals surface area contributed by atoms with Crippen LogP contribution in [0.2, 0.25) is 0 Å². The van der Waals surface area contributed by atoms with Crippen LogP contribution in [-0.2, 0) is 4.79 Å². The Kier molecular flexibility index (Phi) is 20.4. The van der Waals surface area contributed by atoms with Crippen LogP contribution in [0.15, 0.2) is 0 Å². The molecule has 2 nitrogen and oxygen atoms in total.